The molecule has 8 nitrogen and oxygen atoms in total. The van der Waals surface area contributed by atoms with Crippen LogP contribution in [-0.2, 0) is 9.47 Å². The first-order valence-corrected chi connectivity index (χ1v) is 7.00. The summed E-state index contributed by atoms with van der Waals surface area (Å²) in [7, 11) is 0. The van der Waals surface area contributed by atoms with Crippen LogP contribution < -0.4 is 5.32 Å². The van der Waals surface area contributed by atoms with Gasteiger partial charge in [-0.05, 0) is 33.8 Å². The maximum atomic E-state index is 11.9. The van der Waals surface area contributed by atoms with Gasteiger partial charge in [-0.15, -0.1) is 0 Å². The van der Waals surface area contributed by atoms with Crippen LogP contribution in [0.4, 0.5) is 10.5 Å². The van der Waals surface area contributed by atoms with E-state index < -0.39 is 22.6 Å². The van der Waals surface area contributed by atoms with Gasteiger partial charge in [0.2, 0.25) is 0 Å². The van der Waals surface area contributed by atoms with E-state index in [4.69, 9.17) is 9.47 Å². The van der Waals surface area contributed by atoms with Crippen LogP contribution in [0.2, 0.25) is 0 Å². The Morgan fingerprint density at radius 2 is 1.96 bits per heavy atom. The Morgan fingerprint density at radius 1 is 1.30 bits per heavy atom. The molecule has 0 heterocycles. The van der Waals surface area contributed by atoms with Crippen molar-refractivity contribution >= 4 is 17.7 Å². The molecule has 0 saturated carbocycles. The van der Waals surface area contributed by atoms with Gasteiger partial charge in [-0.1, -0.05) is 6.07 Å². The third-order valence-corrected chi connectivity index (χ3v) is 2.73. The van der Waals surface area contributed by atoms with Gasteiger partial charge in [-0.25, -0.2) is 9.59 Å². The molecule has 8 heteroatoms. The van der Waals surface area contributed by atoms with Gasteiger partial charge in [-0.2, -0.15) is 0 Å². The lowest BCUT2D eigenvalue weighted by atomic mass is 10.1. The van der Waals surface area contributed by atoms with Gasteiger partial charge in [0, 0.05) is 11.6 Å². The monoisotopic (exact) mass is 324 g/mol. The maximum Gasteiger partial charge on any atom is 0.407 e. The van der Waals surface area contributed by atoms with Gasteiger partial charge < -0.3 is 14.8 Å². The lowest BCUT2D eigenvalue weighted by molar-refractivity contribution is -0.385. The molecule has 0 fully saturated rings. The fourth-order valence-corrected chi connectivity index (χ4v) is 1.73. The Balaban J connectivity index is 2.51. The predicted molar refractivity (Wildman–Crippen MR) is 82.4 cm³/mol. The Kier molecular flexibility index (Phi) is 6.06. The van der Waals surface area contributed by atoms with E-state index in [0.717, 1.165) is 0 Å². The van der Waals surface area contributed by atoms with E-state index in [1.807, 2.05) is 0 Å². The van der Waals surface area contributed by atoms with Crippen molar-refractivity contribution in [2.24, 2.45) is 0 Å². The average molecular weight is 324 g/mol. The zero-order valence-electron chi connectivity index (χ0n) is 13.5. The van der Waals surface area contributed by atoms with Gasteiger partial charge in [-0.3, -0.25) is 10.1 Å². The van der Waals surface area contributed by atoms with Gasteiger partial charge >= 0.3 is 12.1 Å². The van der Waals surface area contributed by atoms with Gasteiger partial charge in [0.25, 0.3) is 5.69 Å². The standard InChI is InChI=1S/C15H20N2O6/c1-10-11(6-5-7-12(10)17(20)21)13(18)22-9-8-16-14(19)23-15(2,3)4/h5-7H,8-9H2,1-4H3,(H,16,19). The zero-order chi connectivity index (χ0) is 17.6. The summed E-state index contributed by atoms with van der Waals surface area (Å²) >= 11 is 0. The summed E-state index contributed by atoms with van der Waals surface area (Å²) in [5, 5.41) is 13.3. The Labute approximate surface area is 133 Å². The van der Waals surface area contributed by atoms with Gasteiger partial charge in [0.15, 0.2) is 0 Å². The Bertz CT molecular complexity index is 606. The highest BCUT2D eigenvalue weighted by Crippen LogP contribution is 2.21. The molecule has 0 radical (unpaired) electrons. The van der Waals surface area contributed by atoms with Crippen molar-refractivity contribution in [1.82, 2.24) is 5.32 Å². The maximum absolute atomic E-state index is 11.9. The number of rotatable bonds is 5. The molecule has 0 aromatic heterocycles. The van der Waals surface area contributed by atoms with E-state index in [1.54, 1.807) is 20.8 Å². The molecule has 0 saturated heterocycles. The van der Waals surface area contributed by atoms with Crippen LogP contribution in [0.5, 0.6) is 0 Å². The number of alkyl carbamates (subject to hydrolysis) is 1. The molecular formula is C15H20N2O6. The average Bonchev–Trinajstić information content (AvgIpc) is 2.41. The SMILES string of the molecule is Cc1c(C(=O)OCCNC(=O)OC(C)(C)C)cccc1[N+](=O)[O-]. The summed E-state index contributed by atoms with van der Waals surface area (Å²) in [5.41, 5.74) is -0.397. The minimum absolute atomic E-state index is 0.0692. The number of carbonyl (C=O) groups excluding carboxylic acids is 2. The number of carbonyl (C=O) groups is 2. The number of amides is 1. The second-order valence-corrected chi connectivity index (χ2v) is 5.77. The molecule has 1 aromatic rings. The number of nitro groups is 1. The molecule has 0 spiro atoms. The summed E-state index contributed by atoms with van der Waals surface area (Å²) in [6.45, 7) is 6.69. The molecule has 0 atom stereocenters. The molecule has 1 N–H and O–H groups in total. The second-order valence-electron chi connectivity index (χ2n) is 5.77. The minimum Gasteiger partial charge on any atom is -0.460 e. The summed E-state index contributed by atoms with van der Waals surface area (Å²) < 4.78 is 10.0. The molecule has 0 aliphatic heterocycles. The van der Waals surface area contributed by atoms with E-state index >= 15 is 0 Å². The van der Waals surface area contributed by atoms with Crippen molar-refractivity contribution in [3.05, 3.63) is 39.4 Å². The zero-order valence-corrected chi connectivity index (χ0v) is 13.5. The fraction of sp³-hybridized carbons (Fsp3) is 0.467. The summed E-state index contributed by atoms with van der Waals surface area (Å²) in [5.74, 6) is -0.683. The number of nitrogens with zero attached hydrogens (tertiary/aromatic N) is 1. The van der Waals surface area contributed by atoms with Crippen LogP contribution in [0, 0.1) is 17.0 Å². The van der Waals surface area contributed by atoms with E-state index in [-0.39, 0.29) is 30.0 Å². The number of hydrogen-bond acceptors (Lipinski definition) is 6. The van der Waals surface area contributed by atoms with Crippen LogP contribution in [0.3, 0.4) is 0 Å². The third kappa shape index (κ3) is 5.93. The fourth-order valence-electron chi connectivity index (χ4n) is 1.73. The van der Waals surface area contributed by atoms with Crippen molar-refractivity contribution in [3.8, 4) is 0 Å². The minimum atomic E-state index is -0.683. The van der Waals surface area contributed by atoms with Crippen molar-refractivity contribution in [2.75, 3.05) is 13.2 Å². The van der Waals surface area contributed by atoms with Crippen LogP contribution in [-0.4, -0.2) is 35.7 Å². The van der Waals surface area contributed by atoms with E-state index in [1.165, 1.54) is 25.1 Å². The largest absolute Gasteiger partial charge is 0.460 e. The first kappa shape index (κ1) is 18.4. The number of nitro benzene ring substituents is 1. The van der Waals surface area contributed by atoms with Crippen LogP contribution >= 0.6 is 0 Å². The summed E-state index contributed by atoms with van der Waals surface area (Å²) in [4.78, 5) is 33.6. The van der Waals surface area contributed by atoms with E-state index in [0.29, 0.717) is 0 Å². The molecule has 0 aliphatic rings. The lowest BCUT2D eigenvalue weighted by Gasteiger charge is -2.19. The van der Waals surface area contributed by atoms with Crippen LogP contribution in [0.25, 0.3) is 0 Å². The van der Waals surface area contributed by atoms with Crippen molar-refractivity contribution in [3.63, 3.8) is 0 Å². The smallest absolute Gasteiger partial charge is 0.407 e. The van der Waals surface area contributed by atoms with Crippen molar-refractivity contribution in [2.45, 2.75) is 33.3 Å². The van der Waals surface area contributed by atoms with E-state index in [9.17, 15) is 19.7 Å². The molecular weight excluding hydrogens is 304 g/mol. The molecule has 0 aliphatic carbocycles. The predicted octanol–water partition coefficient (Wildman–Crippen LogP) is 2.58. The highest BCUT2D eigenvalue weighted by atomic mass is 16.6. The topological polar surface area (TPSA) is 108 Å². The molecule has 1 amide bonds. The van der Waals surface area contributed by atoms with Gasteiger partial charge in [0.05, 0.1) is 17.0 Å². The highest BCUT2D eigenvalue weighted by molar-refractivity contribution is 5.92. The first-order chi connectivity index (χ1) is 10.6. The second kappa shape index (κ2) is 7.57. The molecule has 0 bridgehead atoms. The molecule has 1 aromatic carbocycles. The number of hydrogen-bond donors (Lipinski definition) is 1. The van der Waals surface area contributed by atoms with Crippen molar-refractivity contribution in [1.29, 1.82) is 0 Å². The Morgan fingerprint density at radius 3 is 2.52 bits per heavy atom. The van der Waals surface area contributed by atoms with E-state index in [2.05, 4.69) is 5.32 Å². The number of ether oxygens (including phenoxy) is 2. The quantitative estimate of drug-likeness (QED) is 0.386. The summed E-state index contributed by atoms with van der Waals surface area (Å²) in [6.07, 6.45) is -0.611. The molecule has 23 heavy (non-hydrogen) atoms. The molecule has 1 rings (SSSR count). The number of esters is 1. The third-order valence-electron chi connectivity index (χ3n) is 2.73. The van der Waals surface area contributed by atoms with Crippen LogP contribution in [0.1, 0.15) is 36.7 Å². The molecule has 0 unspecified atom stereocenters. The number of benzene rings is 1. The van der Waals surface area contributed by atoms with Crippen LogP contribution in [0.15, 0.2) is 18.2 Å². The normalized spacial score (nSPS) is 10.8. The first-order valence-electron chi connectivity index (χ1n) is 7.00. The van der Waals surface area contributed by atoms with Crippen molar-refractivity contribution < 1.29 is 24.0 Å². The van der Waals surface area contributed by atoms with Gasteiger partial charge in [0.1, 0.15) is 12.2 Å². The highest BCUT2D eigenvalue weighted by Gasteiger charge is 2.19. The lowest BCUT2D eigenvalue weighted by Crippen LogP contribution is -2.34. The summed E-state index contributed by atoms with van der Waals surface area (Å²) in [6, 6.07) is 4.18. The molecule has 126 valence electrons. The Hall–Kier alpha value is -2.64. The number of nitrogens with one attached hydrogen (secondary N) is 1.